The number of benzene rings is 1. The molecule has 2 amide bonds. The molecule has 1 fully saturated rings. The second kappa shape index (κ2) is 7.78. The van der Waals surface area contributed by atoms with Crippen LogP contribution in [0.2, 0.25) is 10.0 Å². The molecule has 1 aliphatic rings. The third kappa shape index (κ3) is 5.22. The van der Waals surface area contributed by atoms with Gasteiger partial charge in [0.2, 0.25) is 5.91 Å². The molecule has 138 valence electrons. The van der Waals surface area contributed by atoms with E-state index in [4.69, 9.17) is 23.2 Å². The highest BCUT2D eigenvalue weighted by molar-refractivity contribution is 6.36. The van der Waals surface area contributed by atoms with E-state index in [1.165, 1.54) is 4.90 Å². The molecule has 0 aromatic heterocycles. The average Bonchev–Trinajstić information content (AvgIpc) is 2.55. The number of likely N-dealkylation sites (tertiary alicyclic amines) is 1. The van der Waals surface area contributed by atoms with Crippen molar-refractivity contribution in [3.05, 3.63) is 33.6 Å². The van der Waals surface area contributed by atoms with Gasteiger partial charge in [0.05, 0.1) is 15.6 Å². The molecule has 10 heteroatoms. The quantitative estimate of drug-likeness (QED) is 0.621. The summed E-state index contributed by atoms with van der Waals surface area (Å²) in [6.45, 7) is -1.07. The zero-order chi connectivity index (χ0) is 18.8. The molecule has 0 atom stereocenters. The Morgan fingerprint density at radius 2 is 1.76 bits per heavy atom. The summed E-state index contributed by atoms with van der Waals surface area (Å²) >= 11 is 11.5. The van der Waals surface area contributed by atoms with Crippen LogP contribution in [0.25, 0.3) is 0 Å². The fourth-order valence-electron chi connectivity index (χ4n) is 2.53. The van der Waals surface area contributed by atoms with E-state index < -0.39 is 36.3 Å². The van der Waals surface area contributed by atoms with Gasteiger partial charge < -0.3 is 10.2 Å². The van der Waals surface area contributed by atoms with Gasteiger partial charge in [-0.2, -0.15) is 13.2 Å². The Morgan fingerprint density at radius 3 is 2.32 bits per heavy atom. The molecule has 1 aromatic rings. The lowest BCUT2D eigenvalue weighted by atomic mass is 9.95. The minimum atomic E-state index is -4.47. The number of hydrogen-bond donors (Lipinski definition) is 1. The van der Waals surface area contributed by atoms with Gasteiger partial charge in [-0.1, -0.05) is 23.2 Å². The van der Waals surface area contributed by atoms with Gasteiger partial charge in [-0.3, -0.25) is 9.59 Å². The predicted octanol–water partition coefficient (Wildman–Crippen LogP) is 3.66. The third-order valence-electron chi connectivity index (χ3n) is 3.86. The Labute approximate surface area is 151 Å². The smallest absolute Gasteiger partial charge is 0.347 e. The lowest BCUT2D eigenvalue weighted by molar-refractivity contribution is -0.141. The average molecular weight is 401 g/mol. The minimum absolute atomic E-state index is 0.00134. The number of nitrogens with one attached hydrogen (secondary N) is 1. The van der Waals surface area contributed by atoms with Gasteiger partial charge in [0, 0.05) is 19.0 Å². The fraction of sp³-hybridized carbons (Fsp3) is 0.467. The number of amides is 2. The lowest BCUT2D eigenvalue weighted by Crippen LogP contribution is -2.44. The summed E-state index contributed by atoms with van der Waals surface area (Å²) in [5.74, 6) is -2.60. The van der Waals surface area contributed by atoms with Crippen LogP contribution < -0.4 is 5.32 Å². The molecule has 25 heavy (non-hydrogen) atoms. The highest BCUT2D eigenvalue weighted by Crippen LogP contribution is 2.27. The molecular weight excluding hydrogens is 387 g/mol. The van der Waals surface area contributed by atoms with Crippen molar-refractivity contribution in [3.63, 3.8) is 0 Å². The summed E-state index contributed by atoms with van der Waals surface area (Å²) in [6.07, 6.45) is -4.05. The number of nitrogens with zero attached hydrogens (tertiary/aromatic N) is 1. The maximum Gasteiger partial charge on any atom is 0.405 e. The summed E-state index contributed by atoms with van der Waals surface area (Å²) in [6, 6.07) is 2.07. The number of carbonyl (C=O) groups excluding carboxylic acids is 2. The van der Waals surface area contributed by atoms with Gasteiger partial charge in [0.1, 0.15) is 12.4 Å². The van der Waals surface area contributed by atoms with Crippen LogP contribution in [0.5, 0.6) is 0 Å². The Balaban J connectivity index is 1.95. The summed E-state index contributed by atoms with van der Waals surface area (Å²) in [5.41, 5.74) is -0.0523. The Hall–Kier alpha value is -1.54. The number of halogens is 6. The molecule has 0 radical (unpaired) electrons. The van der Waals surface area contributed by atoms with Crippen LogP contribution in [0.15, 0.2) is 12.1 Å². The lowest BCUT2D eigenvalue weighted by Gasteiger charge is -2.31. The highest BCUT2D eigenvalue weighted by atomic mass is 35.5. The maximum absolute atomic E-state index is 13.5. The van der Waals surface area contributed by atoms with Crippen LogP contribution in [0.4, 0.5) is 17.6 Å². The molecule has 0 spiro atoms. The summed E-state index contributed by atoms with van der Waals surface area (Å²) in [5, 5.41) is 1.63. The normalized spacial score (nSPS) is 16.0. The monoisotopic (exact) mass is 400 g/mol. The molecule has 1 aliphatic heterocycles. The van der Waals surface area contributed by atoms with E-state index in [1.54, 1.807) is 0 Å². The Bertz CT molecular complexity index is 674. The van der Waals surface area contributed by atoms with Crippen LogP contribution in [-0.2, 0) is 4.79 Å². The fourth-order valence-corrected chi connectivity index (χ4v) is 3.00. The van der Waals surface area contributed by atoms with E-state index >= 15 is 0 Å². The molecule has 0 unspecified atom stereocenters. The van der Waals surface area contributed by atoms with Crippen molar-refractivity contribution in [1.29, 1.82) is 0 Å². The topological polar surface area (TPSA) is 49.4 Å². The van der Waals surface area contributed by atoms with Crippen LogP contribution in [0.1, 0.15) is 23.2 Å². The number of carbonyl (C=O) groups is 2. The van der Waals surface area contributed by atoms with Gasteiger partial charge in [-0.05, 0) is 25.0 Å². The van der Waals surface area contributed by atoms with Crippen molar-refractivity contribution in [2.75, 3.05) is 19.6 Å². The highest BCUT2D eigenvalue weighted by Gasteiger charge is 2.32. The predicted molar refractivity (Wildman–Crippen MR) is 84.1 cm³/mol. The standard InChI is InChI=1S/C15H14Cl2F4N2O2/c16-10-6-11(17)12(18)5-9(10)14(25)23-3-1-8(2-4-23)13(24)22-7-15(19,20)21/h5-6,8H,1-4,7H2,(H,22,24). The first-order valence-electron chi connectivity index (χ1n) is 7.37. The van der Waals surface area contributed by atoms with E-state index in [9.17, 15) is 27.2 Å². The summed E-state index contributed by atoms with van der Waals surface area (Å²) in [7, 11) is 0. The van der Waals surface area contributed by atoms with E-state index in [0.717, 1.165) is 12.1 Å². The zero-order valence-electron chi connectivity index (χ0n) is 12.8. The molecular formula is C15H14Cl2F4N2O2. The molecule has 0 aliphatic carbocycles. The number of alkyl halides is 3. The summed E-state index contributed by atoms with van der Waals surface area (Å²) < 4.78 is 49.9. The first kappa shape index (κ1) is 19.8. The van der Waals surface area contributed by atoms with Gasteiger partial charge in [0.25, 0.3) is 5.91 Å². The first-order valence-corrected chi connectivity index (χ1v) is 8.12. The molecule has 2 rings (SSSR count). The third-order valence-corrected chi connectivity index (χ3v) is 4.46. The van der Waals surface area contributed by atoms with E-state index in [-0.39, 0.29) is 41.5 Å². The number of hydrogen-bond acceptors (Lipinski definition) is 2. The van der Waals surface area contributed by atoms with Crippen molar-refractivity contribution in [2.24, 2.45) is 5.92 Å². The van der Waals surface area contributed by atoms with Crippen LogP contribution >= 0.6 is 23.2 Å². The van der Waals surface area contributed by atoms with Gasteiger partial charge in [0.15, 0.2) is 0 Å². The SMILES string of the molecule is O=C(NCC(F)(F)F)C1CCN(C(=O)c2cc(F)c(Cl)cc2Cl)CC1. The molecule has 1 aromatic carbocycles. The van der Waals surface area contributed by atoms with Crippen molar-refractivity contribution in [3.8, 4) is 0 Å². The van der Waals surface area contributed by atoms with E-state index in [2.05, 4.69) is 0 Å². The zero-order valence-corrected chi connectivity index (χ0v) is 14.3. The van der Waals surface area contributed by atoms with Crippen molar-refractivity contribution in [1.82, 2.24) is 10.2 Å². The second-order valence-electron chi connectivity index (χ2n) is 5.65. The van der Waals surface area contributed by atoms with Gasteiger partial charge >= 0.3 is 6.18 Å². The molecule has 1 N–H and O–H groups in total. The minimum Gasteiger partial charge on any atom is -0.347 e. The molecule has 0 bridgehead atoms. The van der Waals surface area contributed by atoms with Crippen LogP contribution in [-0.4, -0.2) is 42.5 Å². The maximum atomic E-state index is 13.5. The van der Waals surface area contributed by atoms with Crippen molar-refractivity contribution < 1.29 is 27.2 Å². The van der Waals surface area contributed by atoms with Crippen LogP contribution in [0.3, 0.4) is 0 Å². The van der Waals surface area contributed by atoms with Gasteiger partial charge in [-0.15, -0.1) is 0 Å². The molecule has 1 heterocycles. The Morgan fingerprint density at radius 1 is 1.16 bits per heavy atom. The van der Waals surface area contributed by atoms with Crippen LogP contribution in [0, 0.1) is 11.7 Å². The molecule has 0 saturated carbocycles. The molecule has 1 saturated heterocycles. The first-order chi connectivity index (χ1) is 11.6. The Kier molecular flexibility index (Phi) is 6.16. The van der Waals surface area contributed by atoms with E-state index in [1.807, 2.05) is 5.32 Å². The summed E-state index contributed by atoms with van der Waals surface area (Å²) in [4.78, 5) is 25.5. The number of rotatable bonds is 3. The van der Waals surface area contributed by atoms with Crippen molar-refractivity contribution >= 4 is 35.0 Å². The number of piperidine rings is 1. The molecule has 4 nitrogen and oxygen atoms in total. The second-order valence-corrected chi connectivity index (χ2v) is 6.46. The largest absolute Gasteiger partial charge is 0.405 e. The van der Waals surface area contributed by atoms with Crippen molar-refractivity contribution in [2.45, 2.75) is 19.0 Å². The van der Waals surface area contributed by atoms with E-state index in [0.29, 0.717) is 0 Å². The van der Waals surface area contributed by atoms with Gasteiger partial charge in [-0.25, -0.2) is 4.39 Å².